The van der Waals surface area contributed by atoms with Crippen LogP contribution in [0.1, 0.15) is 65.0 Å². The summed E-state index contributed by atoms with van der Waals surface area (Å²) in [6, 6.07) is 13.2. The average molecular weight is 378 g/mol. The lowest BCUT2D eigenvalue weighted by Crippen LogP contribution is -2.33. The van der Waals surface area contributed by atoms with Gasteiger partial charge in [0, 0.05) is 24.0 Å². The Balaban J connectivity index is 1.84. The van der Waals surface area contributed by atoms with Gasteiger partial charge in [0.25, 0.3) is 0 Å². The minimum absolute atomic E-state index is 0.0486. The van der Waals surface area contributed by atoms with Crippen LogP contribution in [0.2, 0.25) is 0 Å². The summed E-state index contributed by atoms with van der Waals surface area (Å²) >= 11 is 0. The van der Waals surface area contributed by atoms with Gasteiger partial charge in [-0.05, 0) is 36.0 Å². The number of fused-ring (bicyclic) bond motifs is 1. The number of rotatable bonds is 7. The molecule has 0 spiro atoms. The molecule has 0 bridgehead atoms. The van der Waals surface area contributed by atoms with E-state index in [1.165, 1.54) is 0 Å². The van der Waals surface area contributed by atoms with Crippen LogP contribution in [0.5, 0.6) is 5.75 Å². The molecule has 0 amide bonds. The largest absolute Gasteiger partial charge is 0.491 e. The van der Waals surface area contributed by atoms with Crippen LogP contribution in [0, 0.1) is 11.8 Å². The van der Waals surface area contributed by atoms with Gasteiger partial charge in [-0.25, -0.2) is 0 Å². The normalized spacial score (nSPS) is 25.1. The van der Waals surface area contributed by atoms with Crippen molar-refractivity contribution in [3.05, 3.63) is 64.7 Å². The van der Waals surface area contributed by atoms with E-state index in [4.69, 9.17) is 4.74 Å². The van der Waals surface area contributed by atoms with Crippen LogP contribution in [-0.2, 0) is 5.41 Å². The Morgan fingerprint density at radius 3 is 2.50 bits per heavy atom. The number of aliphatic hydroxyl groups is 1. The van der Waals surface area contributed by atoms with Gasteiger partial charge in [-0.15, -0.1) is 0 Å². The monoisotopic (exact) mass is 378 g/mol. The van der Waals surface area contributed by atoms with Gasteiger partial charge in [-0.3, -0.25) is 9.59 Å². The second-order valence-electron chi connectivity index (χ2n) is 8.17. The highest BCUT2D eigenvalue weighted by molar-refractivity contribution is 6.04. The van der Waals surface area contributed by atoms with Crippen LogP contribution in [-0.4, -0.2) is 29.9 Å². The van der Waals surface area contributed by atoms with Crippen LogP contribution < -0.4 is 4.74 Å². The van der Waals surface area contributed by atoms with E-state index < -0.39 is 5.41 Å². The Kier molecular flexibility index (Phi) is 4.84. The van der Waals surface area contributed by atoms with Crippen molar-refractivity contribution in [1.29, 1.82) is 0 Å². The molecule has 0 unspecified atom stereocenters. The van der Waals surface area contributed by atoms with Crippen molar-refractivity contribution in [2.75, 3.05) is 13.2 Å². The number of ketones is 2. The Hall–Kier alpha value is -2.46. The van der Waals surface area contributed by atoms with E-state index in [9.17, 15) is 14.7 Å². The number of carbonyl (C=O) groups is 2. The topological polar surface area (TPSA) is 63.6 Å². The van der Waals surface area contributed by atoms with Crippen LogP contribution in [0.3, 0.4) is 0 Å². The Bertz CT molecular complexity index is 918. The molecule has 2 aromatic rings. The zero-order chi connectivity index (χ0) is 19.9. The first-order valence-electron chi connectivity index (χ1n) is 10.0. The van der Waals surface area contributed by atoms with Crippen LogP contribution in [0.4, 0.5) is 0 Å². The van der Waals surface area contributed by atoms with Crippen molar-refractivity contribution in [2.24, 2.45) is 11.8 Å². The second kappa shape index (κ2) is 7.17. The molecule has 4 heteroatoms. The lowest BCUT2D eigenvalue weighted by atomic mass is 9.75. The summed E-state index contributed by atoms with van der Waals surface area (Å²) < 4.78 is 5.97. The van der Waals surface area contributed by atoms with E-state index in [1.54, 1.807) is 13.0 Å². The predicted molar refractivity (Wildman–Crippen MR) is 107 cm³/mol. The molecule has 4 nitrogen and oxygen atoms in total. The molecule has 28 heavy (non-hydrogen) atoms. The number of ether oxygens (including phenoxy) is 1. The standard InChI is InChI=1S/C24H26O4/c1-3-21(26)19-10-17(22(27)12-16-9-15(16)2)11-20-23(19)28-14-24(20,13-25)18-7-5-4-6-8-18/h4-8,10-11,15-16,25H,3,9,12-14H2,1-2H3/t15-,16+,24-/m0/s1. The first-order valence-corrected chi connectivity index (χ1v) is 10.0. The smallest absolute Gasteiger partial charge is 0.166 e. The summed E-state index contributed by atoms with van der Waals surface area (Å²) in [6.07, 6.45) is 1.94. The minimum Gasteiger partial charge on any atom is -0.491 e. The van der Waals surface area contributed by atoms with Gasteiger partial charge in [-0.2, -0.15) is 0 Å². The molecular weight excluding hydrogens is 352 g/mol. The lowest BCUT2D eigenvalue weighted by Gasteiger charge is -2.26. The maximum atomic E-state index is 12.9. The summed E-state index contributed by atoms with van der Waals surface area (Å²) in [7, 11) is 0. The summed E-state index contributed by atoms with van der Waals surface area (Å²) in [5.41, 5.74) is 1.91. The molecule has 4 rings (SSSR count). The highest BCUT2D eigenvalue weighted by Crippen LogP contribution is 2.47. The van der Waals surface area contributed by atoms with Crippen LogP contribution in [0.25, 0.3) is 0 Å². The molecule has 3 atom stereocenters. The third kappa shape index (κ3) is 3.06. The molecule has 0 aromatic heterocycles. The third-order valence-electron chi connectivity index (χ3n) is 6.33. The zero-order valence-corrected chi connectivity index (χ0v) is 16.4. The van der Waals surface area contributed by atoms with Gasteiger partial charge in [0.2, 0.25) is 0 Å². The average Bonchev–Trinajstić information content (AvgIpc) is 3.28. The summed E-state index contributed by atoms with van der Waals surface area (Å²) in [6.45, 7) is 4.07. The summed E-state index contributed by atoms with van der Waals surface area (Å²) in [5.74, 6) is 1.57. The van der Waals surface area contributed by atoms with Crippen molar-refractivity contribution in [3.8, 4) is 5.75 Å². The number of hydrogen-bond donors (Lipinski definition) is 1. The minimum atomic E-state index is -0.761. The molecule has 1 aliphatic carbocycles. The van der Waals surface area contributed by atoms with Gasteiger partial charge in [0.1, 0.15) is 12.4 Å². The molecule has 1 heterocycles. The number of carbonyl (C=O) groups excluding carboxylic acids is 2. The van der Waals surface area contributed by atoms with E-state index in [0.717, 1.165) is 17.5 Å². The molecular formula is C24H26O4. The van der Waals surface area contributed by atoms with Gasteiger partial charge < -0.3 is 9.84 Å². The van der Waals surface area contributed by atoms with E-state index >= 15 is 0 Å². The maximum Gasteiger partial charge on any atom is 0.166 e. The summed E-state index contributed by atoms with van der Waals surface area (Å²) in [4.78, 5) is 25.5. The van der Waals surface area contributed by atoms with E-state index in [1.807, 2.05) is 36.4 Å². The van der Waals surface area contributed by atoms with Crippen LogP contribution >= 0.6 is 0 Å². The molecule has 1 aliphatic heterocycles. The number of Topliss-reactive ketones (excluding diaryl/α,β-unsaturated/α-hetero) is 2. The highest BCUT2D eigenvalue weighted by atomic mass is 16.5. The lowest BCUT2D eigenvalue weighted by molar-refractivity contribution is 0.0974. The molecule has 0 saturated heterocycles. The first-order chi connectivity index (χ1) is 13.5. The molecule has 146 valence electrons. The fraction of sp³-hybridized carbons (Fsp3) is 0.417. The van der Waals surface area contributed by atoms with Crippen molar-refractivity contribution in [2.45, 2.75) is 38.5 Å². The molecule has 1 fully saturated rings. The van der Waals surface area contributed by atoms with Crippen LogP contribution in [0.15, 0.2) is 42.5 Å². The fourth-order valence-electron chi connectivity index (χ4n) is 4.23. The van der Waals surface area contributed by atoms with Gasteiger partial charge >= 0.3 is 0 Å². The highest BCUT2D eigenvalue weighted by Gasteiger charge is 2.44. The Morgan fingerprint density at radius 1 is 1.18 bits per heavy atom. The van der Waals surface area contributed by atoms with Crippen molar-refractivity contribution in [3.63, 3.8) is 0 Å². The summed E-state index contributed by atoms with van der Waals surface area (Å²) in [5, 5.41) is 10.4. The van der Waals surface area contributed by atoms with E-state index in [2.05, 4.69) is 6.92 Å². The quantitative estimate of drug-likeness (QED) is 0.734. The molecule has 1 N–H and O–H groups in total. The molecule has 2 aromatic carbocycles. The SMILES string of the molecule is CCC(=O)c1cc(C(=O)C[C@H]2C[C@@H]2C)cc2c1OC[C@@]2(CO)c1ccccc1. The zero-order valence-electron chi connectivity index (χ0n) is 16.4. The predicted octanol–water partition coefficient (Wildman–Crippen LogP) is 4.18. The number of aliphatic hydroxyl groups excluding tert-OH is 1. The van der Waals surface area contributed by atoms with Crippen molar-refractivity contribution in [1.82, 2.24) is 0 Å². The number of hydrogen-bond acceptors (Lipinski definition) is 4. The Morgan fingerprint density at radius 2 is 1.89 bits per heavy atom. The Labute approximate surface area is 165 Å². The van der Waals surface area contributed by atoms with E-state index in [0.29, 0.717) is 41.6 Å². The maximum absolute atomic E-state index is 12.9. The number of benzene rings is 2. The molecule has 1 saturated carbocycles. The first kappa shape index (κ1) is 18.9. The molecule has 0 radical (unpaired) electrons. The van der Waals surface area contributed by atoms with Gasteiger partial charge in [-0.1, -0.05) is 44.2 Å². The van der Waals surface area contributed by atoms with Gasteiger partial charge in [0.15, 0.2) is 11.6 Å². The third-order valence-corrected chi connectivity index (χ3v) is 6.33. The van der Waals surface area contributed by atoms with Gasteiger partial charge in [0.05, 0.1) is 17.6 Å². The van der Waals surface area contributed by atoms with Crippen molar-refractivity contribution >= 4 is 11.6 Å². The second-order valence-corrected chi connectivity index (χ2v) is 8.17. The fourth-order valence-corrected chi connectivity index (χ4v) is 4.23. The van der Waals surface area contributed by atoms with E-state index in [-0.39, 0.29) is 24.8 Å². The van der Waals surface area contributed by atoms with Crippen molar-refractivity contribution < 1.29 is 19.4 Å². The molecule has 2 aliphatic rings.